The number of anilines is 1. The van der Waals surface area contributed by atoms with Crippen LogP contribution in [-0.2, 0) is 10.9 Å². The fourth-order valence-corrected chi connectivity index (χ4v) is 1.60. The molecule has 0 saturated carbocycles. The summed E-state index contributed by atoms with van der Waals surface area (Å²) in [5.41, 5.74) is -3.24. The minimum Gasteiger partial charge on any atom is -0.476 e. The molecule has 2 N–H and O–H groups in total. The Bertz CT molecular complexity index is 593. The van der Waals surface area contributed by atoms with Crippen molar-refractivity contribution in [2.24, 2.45) is 0 Å². The average Bonchev–Trinajstić information content (AvgIpc) is 2.75. The Morgan fingerprint density at radius 1 is 1.50 bits per heavy atom. The molecule has 0 aliphatic rings. The molecule has 1 aromatic rings. The lowest BCUT2D eigenvalue weighted by Gasteiger charge is -2.09. The smallest absolute Gasteiger partial charge is 0.437 e. The summed E-state index contributed by atoms with van der Waals surface area (Å²) >= 11 is 0. The number of hydrogen-bond donors (Lipinski definition) is 2. The van der Waals surface area contributed by atoms with Crippen molar-refractivity contribution in [2.45, 2.75) is 26.1 Å². The highest BCUT2D eigenvalue weighted by atomic mass is 19.4. The molecule has 0 spiro atoms. The molecule has 0 atom stereocenters. The lowest BCUT2D eigenvalue weighted by Crippen LogP contribution is -2.19. The third kappa shape index (κ3) is 3.77. The van der Waals surface area contributed by atoms with E-state index in [1.807, 2.05) is 0 Å². The zero-order valence-corrected chi connectivity index (χ0v) is 11.8. The number of nitrogens with one attached hydrogen (secondary N) is 1. The van der Waals surface area contributed by atoms with Gasteiger partial charge in [-0.3, -0.25) is 10.00 Å². The molecule has 10 heteroatoms. The average molecular weight is 321 g/mol. The summed E-state index contributed by atoms with van der Waals surface area (Å²) < 4.78 is 44.2. The van der Waals surface area contributed by atoms with Gasteiger partial charge in [0.05, 0.1) is 0 Å². The van der Waals surface area contributed by atoms with E-state index in [1.54, 1.807) is 5.32 Å². The Labute approximate surface area is 123 Å². The quantitative estimate of drug-likeness (QED) is 0.813. The van der Waals surface area contributed by atoms with Gasteiger partial charge in [0.15, 0.2) is 11.4 Å². The molecule has 1 heterocycles. The SMILES string of the molecule is C=CCOC(=O)Nc1c(C(F)(F)F)nn(C(C)C)c1C(=O)O. The number of hydrogen-bond acceptors (Lipinski definition) is 4. The van der Waals surface area contributed by atoms with Crippen LogP contribution in [0.25, 0.3) is 0 Å². The predicted octanol–water partition coefficient (Wildman–Crippen LogP) is 2.92. The predicted molar refractivity (Wildman–Crippen MR) is 69.7 cm³/mol. The maximum Gasteiger partial charge on any atom is 0.437 e. The molecule has 0 radical (unpaired) electrons. The molecule has 0 saturated heterocycles. The van der Waals surface area contributed by atoms with Crippen LogP contribution in [0.5, 0.6) is 0 Å². The van der Waals surface area contributed by atoms with Crippen LogP contribution in [0.1, 0.15) is 36.1 Å². The lowest BCUT2D eigenvalue weighted by atomic mass is 10.2. The number of halogens is 3. The van der Waals surface area contributed by atoms with E-state index in [2.05, 4.69) is 16.4 Å². The number of aromatic carboxylic acids is 1. The molecule has 0 bridgehead atoms. The second-order valence-corrected chi connectivity index (χ2v) is 4.43. The van der Waals surface area contributed by atoms with Gasteiger partial charge in [-0.15, -0.1) is 0 Å². The Kier molecular flexibility index (Phi) is 5.18. The van der Waals surface area contributed by atoms with Gasteiger partial charge in [0.1, 0.15) is 12.3 Å². The van der Waals surface area contributed by atoms with E-state index in [-0.39, 0.29) is 6.61 Å². The van der Waals surface area contributed by atoms with E-state index >= 15 is 0 Å². The first kappa shape index (κ1) is 17.5. The number of carboxylic acid groups (broad SMARTS) is 1. The Morgan fingerprint density at radius 3 is 2.50 bits per heavy atom. The molecular weight excluding hydrogens is 307 g/mol. The van der Waals surface area contributed by atoms with Gasteiger partial charge in [-0.05, 0) is 13.8 Å². The molecule has 1 aromatic heterocycles. The van der Waals surface area contributed by atoms with Crippen LogP contribution in [0.15, 0.2) is 12.7 Å². The third-order valence-corrected chi connectivity index (χ3v) is 2.43. The molecule has 7 nitrogen and oxygen atoms in total. The van der Waals surface area contributed by atoms with Crippen molar-refractivity contribution >= 4 is 17.7 Å². The van der Waals surface area contributed by atoms with E-state index in [0.29, 0.717) is 4.68 Å². The maximum atomic E-state index is 13.0. The van der Waals surface area contributed by atoms with Gasteiger partial charge in [-0.2, -0.15) is 18.3 Å². The molecule has 22 heavy (non-hydrogen) atoms. The zero-order valence-electron chi connectivity index (χ0n) is 11.8. The van der Waals surface area contributed by atoms with Crippen molar-refractivity contribution in [2.75, 3.05) is 11.9 Å². The van der Waals surface area contributed by atoms with Crippen LogP contribution in [0, 0.1) is 0 Å². The van der Waals surface area contributed by atoms with Crippen molar-refractivity contribution in [1.82, 2.24) is 9.78 Å². The second kappa shape index (κ2) is 6.50. The summed E-state index contributed by atoms with van der Waals surface area (Å²) in [7, 11) is 0. The van der Waals surface area contributed by atoms with Crippen LogP contribution in [0.3, 0.4) is 0 Å². The lowest BCUT2D eigenvalue weighted by molar-refractivity contribution is -0.140. The molecular formula is C12H14F3N3O4. The molecule has 0 aromatic carbocycles. The maximum absolute atomic E-state index is 13.0. The number of alkyl halides is 3. The molecule has 122 valence electrons. The van der Waals surface area contributed by atoms with Gasteiger partial charge in [-0.25, -0.2) is 9.59 Å². The molecule has 0 aliphatic carbocycles. The summed E-state index contributed by atoms with van der Waals surface area (Å²) in [6.45, 7) is 5.95. The molecule has 1 amide bonds. The highest BCUT2D eigenvalue weighted by Gasteiger charge is 2.42. The van der Waals surface area contributed by atoms with Crippen molar-refractivity contribution in [1.29, 1.82) is 0 Å². The number of carboxylic acids is 1. The van der Waals surface area contributed by atoms with Crippen molar-refractivity contribution in [3.05, 3.63) is 24.0 Å². The second-order valence-electron chi connectivity index (χ2n) is 4.43. The highest BCUT2D eigenvalue weighted by molar-refractivity contribution is 5.98. The van der Waals surface area contributed by atoms with Crippen LogP contribution in [0.4, 0.5) is 23.7 Å². The van der Waals surface area contributed by atoms with Gasteiger partial charge in [0.2, 0.25) is 0 Å². The standard InChI is InChI=1S/C12H14F3N3O4/c1-4-5-22-11(21)16-7-8(10(19)20)18(6(2)3)17-9(7)12(13,14)15/h4,6H,1,5H2,2-3H3,(H,16,21)(H,19,20). The van der Waals surface area contributed by atoms with Gasteiger partial charge >= 0.3 is 18.2 Å². The zero-order chi connectivity index (χ0) is 17.1. The third-order valence-electron chi connectivity index (χ3n) is 2.43. The monoisotopic (exact) mass is 321 g/mol. The fraction of sp³-hybridized carbons (Fsp3) is 0.417. The summed E-state index contributed by atoms with van der Waals surface area (Å²) in [4.78, 5) is 22.7. The molecule has 1 rings (SSSR count). The number of carbonyl (C=O) groups excluding carboxylic acids is 1. The number of aromatic nitrogens is 2. The van der Waals surface area contributed by atoms with Gasteiger partial charge in [-0.1, -0.05) is 12.7 Å². The molecule has 0 unspecified atom stereocenters. The van der Waals surface area contributed by atoms with Crippen LogP contribution in [0.2, 0.25) is 0 Å². The van der Waals surface area contributed by atoms with Crippen LogP contribution < -0.4 is 5.32 Å². The van der Waals surface area contributed by atoms with Gasteiger partial charge in [0, 0.05) is 6.04 Å². The highest BCUT2D eigenvalue weighted by Crippen LogP contribution is 2.37. The number of nitrogens with zero attached hydrogens (tertiary/aromatic N) is 2. The molecule has 0 fully saturated rings. The number of carbonyl (C=O) groups is 2. The Morgan fingerprint density at radius 2 is 2.09 bits per heavy atom. The molecule has 0 aliphatic heterocycles. The fourth-order valence-electron chi connectivity index (χ4n) is 1.60. The van der Waals surface area contributed by atoms with Crippen LogP contribution in [-0.4, -0.2) is 33.6 Å². The van der Waals surface area contributed by atoms with Gasteiger partial charge < -0.3 is 9.84 Å². The van der Waals surface area contributed by atoms with E-state index in [9.17, 15) is 22.8 Å². The summed E-state index contributed by atoms with van der Waals surface area (Å²) in [5.74, 6) is -1.66. The van der Waals surface area contributed by atoms with E-state index in [0.717, 1.165) is 0 Å². The largest absolute Gasteiger partial charge is 0.476 e. The number of ether oxygens (including phenoxy) is 1. The summed E-state index contributed by atoms with van der Waals surface area (Å²) in [6.07, 6.45) is -4.97. The number of amides is 1. The van der Waals surface area contributed by atoms with Crippen molar-refractivity contribution in [3.63, 3.8) is 0 Å². The first-order valence-corrected chi connectivity index (χ1v) is 6.07. The minimum absolute atomic E-state index is 0.242. The summed E-state index contributed by atoms with van der Waals surface area (Å²) in [6, 6.07) is -0.660. The number of rotatable bonds is 5. The van der Waals surface area contributed by atoms with Gasteiger partial charge in [0.25, 0.3) is 0 Å². The Hall–Kier alpha value is -2.52. The van der Waals surface area contributed by atoms with E-state index in [1.165, 1.54) is 19.9 Å². The van der Waals surface area contributed by atoms with Crippen molar-refractivity contribution < 1.29 is 32.6 Å². The first-order valence-electron chi connectivity index (χ1n) is 6.07. The van der Waals surface area contributed by atoms with Crippen molar-refractivity contribution in [3.8, 4) is 0 Å². The first-order chi connectivity index (χ1) is 10.1. The summed E-state index contributed by atoms with van der Waals surface area (Å²) in [5, 5.41) is 14.2. The van der Waals surface area contributed by atoms with E-state index in [4.69, 9.17) is 5.11 Å². The normalized spacial score (nSPS) is 11.4. The van der Waals surface area contributed by atoms with Crippen LogP contribution >= 0.6 is 0 Å². The Balaban J connectivity index is 3.40. The minimum atomic E-state index is -4.94. The topological polar surface area (TPSA) is 93.5 Å². The van der Waals surface area contributed by atoms with E-state index < -0.39 is 41.4 Å².